The first-order chi connectivity index (χ1) is 9.74. The summed E-state index contributed by atoms with van der Waals surface area (Å²) in [6, 6.07) is 8.43. The van der Waals surface area contributed by atoms with E-state index in [1.54, 1.807) is 0 Å². The van der Waals surface area contributed by atoms with Gasteiger partial charge >= 0.3 is 0 Å². The minimum atomic E-state index is 0.0534. The minimum Gasteiger partial charge on any atom is -0.325 e. The minimum absolute atomic E-state index is 0.0534. The Morgan fingerprint density at radius 3 is 2.55 bits per heavy atom. The summed E-state index contributed by atoms with van der Waals surface area (Å²) in [4.78, 5) is 11.9. The summed E-state index contributed by atoms with van der Waals surface area (Å²) in [7, 11) is 0. The second kappa shape index (κ2) is 8.05. The van der Waals surface area contributed by atoms with Gasteiger partial charge in [-0.1, -0.05) is 44.2 Å². The van der Waals surface area contributed by atoms with Gasteiger partial charge in [0.25, 0.3) is 0 Å². The van der Waals surface area contributed by atoms with Crippen LogP contribution in [0.2, 0.25) is 0 Å². The maximum Gasteiger partial charge on any atom is 0.238 e. The van der Waals surface area contributed by atoms with Crippen molar-refractivity contribution in [3.05, 3.63) is 29.8 Å². The summed E-state index contributed by atoms with van der Waals surface area (Å²) in [5.41, 5.74) is 2.05. The summed E-state index contributed by atoms with van der Waals surface area (Å²) in [5, 5.41) is 6.36. The van der Waals surface area contributed by atoms with Crippen LogP contribution in [-0.2, 0) is 4.79 Å². The molecule has 0 aliphatic heterocycles. The van der Waals surface area contributed by atoms with Gasteiger partial charge in [0.05, 0.1) is 6.54 Å². The normalized spacial score (nSPS) is 17.2. The Kier molecular flexibility index (Phi) is 6.06. The number of rotatable bonds is 4. The zero-order valence-electron chi connectivity index (χ0n) is 12.5. The van der Waals surface area contributed by atoms with Crippen molar-refractivity contribution in [3.8, 4) is 0 Å². The van der Waals surface area contributed by atoms with Crippen LogP contribution in [0.5, 0.6) is 0 Å². The van der Waals surface area contributed by atoms with Gasteiger partial charge in [-0.25, -0.2) is 0 Å². The molecule has 0 atom stereocenters. The Bertz CT molecular complexity index is 423. The monoisotopic (exact) mass is 274 g/mol. The fourth-order valence-electron chi connectivity index (χ4n) is 2.83. The molecule has 1 aliphatic rings. The standard InChI is InChI=1S/C17H26N2O/c1-14-8-7-11-16(12-14)19-17(20)13-18-15-9-5-3-2-4-6-10-15/h7-8,11-12,15,18H,2-6,9-10,13H2,1H3,(H,19,20). The molecule has 2 N–H and O–H groups in total. The number of hydrogen-bond acceptors (Lipinski definition) is 2. The number of carbonyl (C=O) groups is 1. The van der Waals surface area contributed by atoms with Crippen molar-refractivity contribution in [2.45, 2.75) is 57.9 Å². The van der Waals surface area contributed by atoms with E-state index >= 15 is 0 Å². The highest BCUT2D eigenvalue weighted by molar-refractivity contribution is 5.92. The molecule has 1 amide bonds. The molecule has 0 bridgehead atoms. The molecule has 1 aromatic carbocycles. The summed E-state index contributed by atoms with van der Waals surface area (Å²) in [6.45, 7) is 2.45. The van der Waals surface area contributed by atoms with Gasteiger partial charge in [0, 0.05) is 11.7 Å². The van der Waals surface area contributed by atoms with Crippen LogP contribution in [0.15, 0.2) is 24.3 Å². The maximum absolute atomic E-state index is 11.9. The van der Waals surface area contributed by atoms with E-state index in [-0.39, 0.29) is 5.91 Å². The molecule has 0 heterocycles. The van der Waals surface area contributed by atoms with Gasteiger partial charge in [0.1, 0.15) is 0 Å². The first-order valence-electron chi connectivity index (χ1n) is 7.84. The Morgan fingerprint density at radius 2 is 1.85 bits per heavy atom. The molecule has 110 valence electrons. The highest BCUT2D eigenvalue weighted by Gasteiger charge is 2.12. The highest BCUT2D eigenvalue weighted by atomic mass is 16.1. The number of carbonyl (C=O) groups excluding carboxylic acids is 1. The van der Waals surface area contributed by atoms with Crippen LogP contribution < -0.4 is 10.6 Å². The quantitative estimate of drug-likeness (QED) is 0.880. The molecule has 1 saturated carbocycles. The number of hydrogen-bond donors (Lipinski definition) is 2. The van der Waals surface area contributed by atoms with Gasteiger partial charge in [0.2, 0.25) is 5.91 Å². The third-order valence-corrected chi connectivity index (χ3v) is 3.96. The van der Waals surface area contributed by atoms with Crippen LogP contribution in [0, 0.1) is 6.92 Å². The molecule has 1 aromatic rings. The Morgan fingerprint density at radius 1 is 1.15 bits per heavy atom. The summed E-state index contributed by atoms with van der Waals surface area (Å²) in [5.74, 6) is 0.0534. The van der Waals surface area contributed by atoms with Crippen molar-refractivity contribution in [1.29, 1.82) is 0 Å². The van der Waals surface area contributed by atoms with Crippen molar-refractivity contribution < 1.29 is 4.79 Å². The van der Waals surface area contributed by atoms with Crippen molar-refractivity contribution in [2.75, 3.05) is 11.9 Å². The third kappa shape index (κ3) is 5.33. The van der Waals surface area contributed by atoms with E-state index in [0.717, 1.165) is 11.3 Å². The van der Waals surface area contributed by atoms with E-state index in [0.29, 0.717) is 12.6 Å². The SMILES string of the molecule is Cc1cccc(NC(=O)CNC2CCCCCCC2)c1. The average Bonchev–Trinajstić information content (AvgIpc) is 2.37. The number of anilines is 1. The van der Waals surface area contributed by atoms with E-state index in [2.05, 4.69) is 10.6 Å². The van der Waals surface area contributed by atoms with Crippen LogP contribution in [-0.4, -0.2) is 18.5 Å². The van der Waals surface area contributed by atoms with Gasteiger partial charge in [-0.05, 0) is 37.5 Å². The van der Waals surface area contributed by atoms with E-state index < -0.39 is 0 Å². The molecule has 0 aromatic heterocycles. The molecule has 20 heavy (non-hydrogen) atoms. The Labute approximate surface area is 122 Å². The van der Waals surface area contributed by atoms with Gasteiger partial charge in [0.15, 0.2) is 0 Å². The summed E-state index contributed by atoms with van der Waals surface area (Å²) >= 11 is 0. The topological polar surface area (TPSA) is 41.1 Å². The predicted molar refractivity (Wildman–Crippen MR) is 83.9 cm³/mol. The molecule has 1 fully saturated rings. The largest absolute Gasteiger partial charge is 0.325 e. The molecule has 0 spiro atoms. The van der Waals surface area contributed by atoms with Crippen molar-refractivity contribution in [2.24, 2.45) is 0 Å². The van der Waals surface area contributed by atoms with Gasteiger partial charge in [-0.2, -0.15) is 0 Å². The molecule has 0 saturated heterocycles. The van der Waals surface area contributed by atoms with Crippen LogP contribution in [0.25, 0.3) is 0 Å². The molecule has 3 nitrogen and oxygen atoms in total. The first-order valence-corrected chi connectivity index (χ1v) is 7.84. The van der Waals surface area contributed by atoms with Crippen LogP contribution in [0.1, 0.15) is 50.5 Å². The fourth-order valence-corrected chi connectivity index (χ4v) is 2.83. The van der Waals surface area contributed by atoms with Gasteiger partial charge in [-0.15, -0.1) is 0 Å². The van der Waals surface area contributed by atoms with E-state index in [1.807, 2.05) is 31.2 Å². The summed E-state index contributed by atoms with van der Waals surface area (Å²) in [6.07, 6.45) is 9.05. The molecule has 1 aliphatic carbocycles. The zero-order chi connectivity index (χ0) is 14.2. The first kappa shape index (κ1) is 15.0. The van der Waals surface area contributed by atoms with Crippen molar-refractivity contribution in [1.82, 2.24) is 5.32 Å². The maximum atomic E-state index is 11.9. The molecule has 3 heteroatoms. The zero-order valence-corrected chi connectivity index (χ0v) is 12.5. The van der Waals surface area contributed by atoms with Crippen LogP contribution >= 0.6 is 0 Å². The lowest BCUT2D eigenvalue weighted by atomic mass is 9.97. The lowest BCUT2D eigenvalue weighted by Crippen LogP contribution is -2.36. The number of amides is 1. The molecular weight excluding hydrogens is 248 g/mol. The van der Waals surface area contributed by atoms with Crippen molar-refractivity contribution >= 4 is 11.6 Å². The average molecular weight is 274 g/mol. The predicted octanol–water partition coefficient (Wildman–Crippen LogP) is 3.64. The van der Waals surface area contributed by atoms with Crippen LogP contribution in [0.3, 0.4) is 0 Å². The Balaban J connectivity index is 1.73. The lowest BCUT2D eigenvalue weighted by molar-refractivity contribution is -0.115. The molecular formula is C17H26N2O. The molecule has 2 rings (SSSR count). The molecule has 0 unspecified atom stereocenters. The number of nitrogens with one attached hydrogen (secondary N) is 2. The Hall–Kier alpha value is -1.35. The second-order valence-electron chi connectivity index (χ2n) is 5.84. The highest BCUT2D eigenvalue weighted by Crippen LogP contribution is 2.17. The number of benzene rings is 1. The van der Waals surface area contributed by atoms with E-state index in [1.165, 1.54) is 44.9 Å². The summed E-state index contributed by atoms with van der Waals surface area (Å²) < 4.78 is 0. The lowest BCUT2D eigenvalue weighted by Gasteiger charge is -2.20. The number of aryl methyl sites for hydroxylation is 1. The fraction of sp³-hybridized carbons (Fsp3) is 0.588. The van der Waals surface area contributed by atoms with E-state index in [4.69, 9.17) is 0 Å². The molecule has 0 radical (unpaired) electrons. The third-order valence-electron chi connectivity index (χ3n) is 3.96. The van der Waals surface area contributed by atoms with Gasteiger partial charge < -0.3 is 10.6 Å². The van der Waals surface area contributed by atoms with Crippen molar-refractivity contribution in [3.63, 3.8) is 0 Å². The second-order valence-corrected chi connectivity index (χ2v) is 5.84. The van der Waals surface area contributed by atoms with E-state index in [9.17, 15) is 4.79 Å². The van der Waals surface area contributed by atoms with Gasteiger partial charge in [-0.3, -0.25) is 4.79 Å². The van der Waals surface area contributed by atoms with Crippen LogP contribution in [0.4, 0.5) is 5.69 Å². The smallest absolute Gasteiger partial charge is 0.238 e.